The van der Waals surface area contributed by atoms with E-state index in [2.05, 4.69) is 20.5 Å². The first-order chi connectivity index (χ1) is 13.2. The van der Waals surface area contributed by atoms with Crippen molar-refractivity contribution in [3.63, 3.8) is 0 Å². The molecule has 1 aliphatic carbocycles. The number of aryl methyl sites for hydroxylation is 1. The molecule has 2 N–H and O–H groups in total. The lowest BCUT2D eigenvalue weighted by Crippen LogP contribution is -2.15. The number of anilines is 1. The van der Waals surface area contributed by atoms with Crippen LogP contribution < -0.4 is 5.32 Å². The van der Waals surface area contributed by atoms with Crippen LogP contribution in [0.3, 0.4) is 0 Å². The molecule has 0 fully saturated rings. The van der Waals surface area contributed by atoms with Crippen LogP contribution in [-0.4, -0.2) is 33.7 Å². The van der Waals surface area contributed by atoms with E-state index < -0.39 is 0 Å². The molecule has 0 saturated heterocycles. The molecule has 8 heteroatoms. The van der Waals surface area contributed by atoms with Gasteiger partial charge in [0.05, 0.1) is 18.0 Å². The zero-order valence-corrected chi connectivity index (χ0v) is 15.5. The number of thiazole rings is 1. The summed E-state index contributed by atoms with van der Waals surface area (Å²) in [5.74, 6) is -0.899. The van der Waals surface area contributed by atoms with Gasteiger partial charge in [-0.15, -0.1) is 11.3 Å². The van der Waals surface area contributed by atoms with Crippen molar-refractivity contribution in [3.8, 4) is 11.3 Å². The van der Waals surface area contributed by atoms with Crippen molar-refractivity contribution >= 4 is 28.3 Å². The van der Waals surface area contributed by atoms with Gasteiger partial charge in [-0.1, -0.05) is 30.3 Å². The van der Waals surface area contributed by atoms with Crippen molar-refractivity contribution in [1.29, 1.82) is 0 Å². The number of aromatic amines is 1. The number of nitrogens with zero attached hydrogens (tertiary/aromatic N) is 2. The number of carbonyl (C=O) groups is 2. The SMILES string of the molecule is CCOC(=O)C1CCc2sc(NC(=O)c3cc(-c4ccccc4)n[nH]3)nc21. The van der Waals surface area contributed by atoms with Gasteiger partial charge in [-0.2, -0.15) is 5.10 Å². The van der Waals surface area contributed by atoms with Gasteiger partial charge in [0, 0.05) is 10.4 Å². The Morgan fingerprint density at radius 3 is 2.93 bits per heavy atom. The third-order valence-corrected chi connectivity index (χ3v) is 5.45. The smallest absolute Gasteiger partial charge is 0.315 e. The Kier molecular flexibility index (Phi) is 4.72. The third-order valence-electron chi connectivity index (χ3n) is 4.40. The number of aromatic nitrogens is 3. The summed E-state index contributed by atoms with van der Waals surface area (Å²) in [5.41, 5.74) is 2.71. The molecular formula is C19H18N4O3S. The number of H-pyrrole nitrogens is 1. The number of nitrogens with one attached hydrogen (secondary N) is 2. The highest BCUT2D eigenvalue weighted by molar-refractivity contribution is 7.16. The Hall–Kier alpha value is -3.00. The van der Waals surface area contributed by atoms with E-state index in [9.17, 15) is 9.59 Å². The van der Waals surface area contributed by atoms with Crippen molar-refractivity contribution in [2.45, 2.75) is 25.7 Å². The summed E-state index contributed by atoms with van der Waals surface area (Å²) < 4.78 is 5.11. The van der Waals surface area contributed by atoms with Crippen molar-refractivity contribution in [1.82, 2.24) is 15.2 Å². The van der Waals surface area contributed by atoms with E-state index in [1.807, 2.05) is 30.3 Å². The maximum absolute atomic E-state index is 12.5. The molecule has 3 aromatic rings. The van der Waals surface area contributed by atoms with Gasteiger partial charge in [0.25, 0.3) is 5.91 Å². The van der Waals surface area contributed by atoms with Crippen LogP contribution in [0.2, 0.25) is 0 Å². The highest BCUT2D eigenvalue weighted by atomic mass is 32.1. The van der Waals surface area contributed by atoms with Crippen molar-refractivity contribution in [2.75, 3.05) is 11.9 Å². The highest BCUT2D eigenvalue weighted by Crippen LogP contribution is 2.39. The second-order valence-corrected chi connectivity index (χ2v) is 7.24. The average molecular weight is 382 g/mol. The fourth-order valence-electron chi connectivity index (χ4n) is 3.11. The lowest BCUT2D eigenvalue weighted by molar-refractivity contribution is -0.145. The zero-order chi connectivity index (χ0) is 18.8. The number of carbonyl (C=O) groups excluding carboxylic acids is 2. The largest absolute Gasteiger partial charge is 0.465 e. The van der Waals surface area contributed by atoms with Crippen LogP contribution in [0.4, 0.5) is 5.13 Å². The van der Waals surface area contributed by atoms with Gasteiger partial charge in [-0.05, 0) is 25.8 Å². The van der Waals surface area contributed by atoms with Crippen LogP contribution in [0.1, 0.15) is 40.3 Å². The number of amides is 1. The summed E-state index contributed by atoms with van der Waals surface area (Å²) >= 11 is 1.40. The summed E-state index contributed by atoms with van der Waals surface area (Å²) in [6, 6.07) is 11.3. The summed E-state index contributed by atoms with van der Waals surface area (Å²) in [5, 5.41) is 10.2. The fraction of sp³-hybridized carbons (Fsp3) is 0.263. The normalized spacial score (nSPS) is 15.4. The van der Waals surface area contributed by atoms with E-state index in [1.54, 1.807) is 13.0 Å². The van der Waals surface area contributed by atoms with E-state index in [-0.39, 0.29) is 17.8 Å². The van der Waals surface area contributed by atoms with Gasteiger partial charge in [0.1, 0.15) is 11.6 Å². The number of hydrogen-bond donors (Lipinski definition) is 2. The molecule has 0 bridgehead atoms. The Morgan fingerprint density at radius 1 is 1.33 bits per heavy atom. The van der Waals surface area contributed by atoms with E-state index in [0.717, 1.165) is 22.6 Å². The first kappa shape index (κ1) is 17.4. The monoisotopic (exact) mass is 382 g/mol. The Bertz CT molecular complexity index is 980. The summed E-state index contributed by atoms with van der Waals surface area (Å²) in [6.45, 7) is 2.14. The molecule has 1 aliphatic rings. The second-order valence-electron chi connectivity index (χ2n) is 6.16. The summed E-state index contributed by atoms with van der Waals surface area (Å²) in [4.78, 5) is 30.0. The van der Waals surface area contributed by atoms with Gasteiger partial charge in [0.2, 0.25) is 0 Å². The van der Waals surface area contributed by atoms with Crippen LogP contribution >= 0.6 is 11.3 Å². The minimum absolute atomic E-state index is 0.250. The molecular weight excluding hydrogens is 364 g/mol. The maximum atomic E-state index is 12.5. The predicted octanol–water partition coefficient (Wildman–Crippen LogP) is 3.38. The molecule has 7 nitrogen and oxygen atoms in total. The quantitative estimate of drug-likeness (QED) is 0.660. The lowest BCUT2D eigenvalue weighted by atomic mass is 10.1. The molecule has 1 aromatic carbocycles. The molecule has 2 aromatic heterocycles. The number of fused-ring (bicyclic) bond motifs is 1. The van der Waals surface area contributed by atoms with Crippen LogP contribution in [0.15, 0.2) is 36.4 Å². The van der Waals surface area contributed by atoms with Crippen LogP contribution in [0.25, 0.3) is 11.3 Å². The second kappa shape index (κ2) is 7.32. The summed E-state index contributed by atoms with van der Waals surface area (Å²) in [7, 11) is 0. The van der Waals surface area contributed by atoms with Crippen LogP contribution in [0.5, 0.6) is 0 Å². The minimum Gasteiger partial charge on any atom is -0.465 e. The van der Waals surface area contributed by atoms with E-state index in [1.165, 1.54) is 11.3 Å². The van der Waals surface area contributed by atoms with E-state index >= 15 is 0 Å². The molecule has 27 heavy (non-hydrogen) atoms. The highest BCUT2D eigenvalue weighted by Gasteiger charge is 2.33. The Balaban J connectivity index is 1.48. The molecule has 0 spiro atoms. The van der Waals surface area contributed by atoms with Gasteiger partial charge in [-0.25, -0.2) is 4.98 Å². The first-order valence-corrected chi connectivity index (χ1v) is 9.55. The first-order valence-electron chi connectivity index (χ1n) is 8.74. The molecule has 0 saturated carbocycles. The van der Waals surface area contributed by atoms with Crippen LogP contribution in [0, 0.1) is 0 Å². The fourth-order valence-corrected chi connectivity index (χ4v) is 4.15. The number of rotatable bonds is 5. The topological polar surface area (TPSA) is 97.0 Å². The zero-order valence-electron chi connectivity index (χ0n) is 14.7. The predicted molar refractivity (Wildman–Crippen MR) is 102 cm³/mol. The van der Waals surface area contributed by atoms with E-state index in [0.29, 0.717) is 29.5 Å². The lowest BCUT2D eigenvalue weighted by Gasteiger charge is -2.07. The molecule has 4 rings (SSSR count). The van der Waals surface area contributed by atoms with Gasteiger partial charge in [-0.3, -0.25) is 20.0 Å². The molecule has 138 valence electrons. The number of hydrogen-bond acceptors (Lipinski definition) is 6. The molecule has 2 heterocycles. The summed E-state index contributed by atoms with van der Waals surface area (Å²) in [6.07, 6.45) is 1.48. The molecule has 1 atom stereocenters. The minimum atomic E-state index is -0.335. The van der Waals surface area contributed by atoms with Gasteiger partial charge >= 0.3 is 5.97 Å². The molecule has 0 radical (unpaired) electrons. The maximum Gasteiger partial charge on any atom is 0.315 e. The van der Waals surface area contributed by atoms with Gasteiger partial charge in [0.15, 0.2) is 5.13 Å². The van der Waals surface area contributed by atoms with Crippen molar-refractivity contribution in [2.24, 2.45) is 0 Å². The molecule has 1 unspecified atom stereocenters. The van der Waals surface area contributed by atoms with Crippen molar-refractivity contribution in [3.05, 3.63) is 52.7 Å². The Labute approximate surface area is 159 Å². The number of benzene rings is 1. The van der Waals surface area contributed by atoms with E-state index in [4.69, 9.17) is 4.74 Å². The third kappa shape index (κ3) is 3.48. The number of ether oxygens (including phenoxy) is 1. The van der Waals surface area contributed by atoms with Crippen molar-refractivity contribution < 1.29 is 14.3 Å². The average Bonchev–Trinajstić information content (AvgIpc) is 3.38. The molecule has 0 aliphatic heterocycles. The van der Waals surface area contributed by atoms with Gasteiger partial charge < -0.3 is 4.74 Å². The molecule has 1 amide bonds. The number of esters is 1. The van der Waals surface area contributed by atoms with Crippen LogP contribution in [-0.2, 0) is 16.0 Å². The Morgan fingerprint density at radius 2 is 2.15 bits per heavy atom. The standard InChI is InChI=1S/C19H18N4O3S/c1-2-26-18(25)12-8-9-15-16(12)20-19(27-15)21-17(24)14-10-13(22-23-14)11-6-4-3-5-7-11/h3-7,10,12H,2,8-9H2,1H3,(H,22,23)(H,20,21,24).